The van der Waals surface area contributed by atoms with E-state index in [0.29, 0.717) is 30.3 Å². The van der Waals surface area contributed by atoms with Crippen LogP contribution in [0.25, 0.3) is 0 Å². The molecule has 2 rings (SSSR count). The molecule has 0 saturated heterocycles. The first kappa shape index (κ1) is 17.8. The standard InChI is InChI=1S/C17H22N2O5/c1-5-19-14-9-13(7-8-15(14)23-10-16(19)20)11(3)18-24-12(4)17(21)22-6-2/h7-9,12H,5-6,10H2,1-4H3/b18-11-. The predicted octanol–water partition coefficient (Wildman–Crippen LogP) is 2.12. The van der Waals surface area contributed by atoms with Crippen LogP contribution in [-0.4, -0.2) is 43.5 Å². The van der Waals surface area contributed by atoms with Crippen LogP contribution in [-0.2, 0) is 19.2 Å². The number of amides is 1. The Morgan fingerprint density at radius 3 is 2.83 bits per heavy atom. The molecule has 1 aliphatic rings. The zero-order chi connectivity index (χ0) is 17.7. The van der Waals surface area contributed by atoms with Crippen LogP contribution < -0.4 is 9.64 Å². The van der Waals surface area contributed by atoms with Gasteiger partial charge in [0.15, 0.2) is 6.61 Å². The molecule has 0 spiro atoms. The molecule has 1 amide bonds. The maximum Gasteiger partial charge on any atom is 0.349 e. The Labute approximate surface area is 141 Å². The third-order valence-electron chi connectivity index (χ3n) is 3.60. The second kappa shape index (κ2) is 7.81. The van der Waals surface area contributed by atoms with Gasteiger partial charge in [-0.2, -0.15) is 0 Å². The van der Waals surface area contributed by atoms with Crippen molar-refractivity contribution in [1.29, 1.82) is 0 Å². The number of esters is 1. The summed E-state index contributed by atoms with van der Waals surface area (Å²) in [5.41, 5.74) is 2.07. The Hall–Kier alpha value is -2.57. The third kappa shape index (κ3) is 3.84. The lowest BCUT2D eigenvalue weighted by molar-refractivity contribution is -0.155. The molecule has 1 aliphatic heterocycles. The fraction of sp³-hybridized carbons (Fsp3) is 0.471. The van der Waals surface area contributed by atoms with E-state index in [-0.39, 0.29) is 12.5 Å². The van der Waals surface area contributed by atoms with Crippen molar-refractivity contribution in [1.82, 2.24) is 0 Å². The van der Waals surface area contributed by atoms with Gasteiger partial charge in [-0.05, 0) is 45.9 Å². The molecule has 0 aliphatic carbocycles. The average Bonchev–Trinajstić information content (AvgIpc) is 2.58. The van der Waals surface area contributed by atoms with E-state index < -0.39 is 12.1 Å². The molecule has 1 aromatic carbocycles. The Morgan fingerprint density at radius 2 is 2.17 bits per heavy atom. The van der Waals surface area contributed by atoms with Crippen molar-refractivity contribution in [2.24, 2.45) is 5.16 Å². The monoisotopic (exact) mass is 334 g/mol. The molecule has 0 radical (unpaired) electrons. The average molecular weight is 334 g/mol. The summed E-state index contributed by atoms with van der Waals surface area (Å²) in [6, 6.07) is 5.46. The van der Waals surface area contributed by atoms with E-state index in [4.69, 9.17) is 14.3 Å². The van der Waals surface area contributed by atoms with Crippen LogP contribution >= 0.6 is 0 Å². The van der Waals surface area contributed by atoms with Crippen LogP contribution in [0, 0.1) is 0 Å². The number of rotatable bonds is 6. The zero-order valence-electron chi connectivity index (χ0n) is 14.4. The molecule has 0 N–H and O–H groups in total. The van der Waals surface area contributed by atoms with Gasteiger partial charge in [0, 0.05) is 12.1 Å². The van der Waals surface area contributed by atoms with E-state index in [1.807, 2.05) is 19.1 Å². The normalized spacial score (nSPS) is 15.4. The lowest BCUT2D eigenvalue weighted by Crippen LogP contribution is -2.38. The third-order valence-corrected chi connectivity index (χ3v) is 3.60. The number of hydrogen-bond acceptors (Lipinski definition) is 6. The topological polar surface area (TPSA) is 77.4 Å². The molecule has 1 heterocycles. The molecule has 24 heavy (non-hydrogen) atoms. The molecule has 7 heteroatoms. The maximum atomic E-state index is 11.9. The second-order valence-electron chi connectivity index (χ2n) is 5.29. The number of likely N-dealkylation sites (N-methyl/N-ethyl adjacent to an activating group) is 1. The van der Waals surface area contributed by atoms with Crippen LogP contribution in [0.3, 0.4) is 0 Å². The second-order valence-corrected chi connectivity index (χ2v) is 5.29. The van der Waals surface area contributed by atoms with Crippen molar-refractivity contribution < 1.29 is 23.9 Å². The minimum Gasteiger partial charge on any atom is -0.482 e. The SMILES string of the molecule is CCOC(=O)C(C)O/N=C(/C)c1ccc2c(c1)N(CC)C(=O)CO2. The van der Waals surface area contributed by atoms with Crippen LogP contribution in [0.4, 0.5) is 5.69 Å². The number of hydrogen-bond donors (Lipinski definition) is 0. The largest absolute Gasteiger partial charge is 0.482 e. The summed E-state index contributed by atoms with van der Waals surface area (Å²) in [5.74, 6) is 0.119. The minimum absolute atomic E-state index is 0.0490. The van der Waals surface area contributed by atoms with E-state index in [1.165, 1.54) is 0 Å². The van der Waals surface area contributed by atoms with Crippen LogP contribution in [0.5, 0.6) is 5.75 Å². The summed E-state index contributed by atoms with van der Waals surface area (Å²) in [6.45, 7) is 7.88. The van der Waals surface area contributed by atoms with Crippen molar-refractivity contribution in [3.8, 4) is 5.75 Å². The van der Waals surface area contributed by atoms with Crippen LogP contribution in [0.1, 0.15) is 33.3 Å². The fourth-order valence-corrected chi connectivity index (χ4v) is 2.29. The number of fused-ring (bicyclic) bond motifs is 1. The molecule has 7 nitrogen and oxygen atoms in total. The van der Waals surface area contributed by atoms with E-state index in [0.717, 1.165) is 5.56 Å². The molecular formula is C17H22N2O5. The molecule has 1 unspecified atom stereocenters. The van der Waals surface area contributed by atoms with Crippen molar-refractivity contribution in [2.45, 2.75) is 33.8 Å². The van der Waals surface area contributed by atoms with Crippen molar-refractivity contribution in [2.75, 3.05) is 24.7 Å². The first-order chi connectivity index (χ1) is 11.5. The molecular weight excluding hydrogens is 312 g/mol. The molecule has 0 aromatic heterocycles. The predicted molar refractivity (Wildman–Crippen MR) is 89.4 cm³/mol. The highest BCUT2D eigenvalue weighted by Gasteiger charge is 2.24. The van der Waals surface area contributed by atoms with Gasteiger partial charge in [0.25, 0.3) is 5.91 Å². The smallest absolute Gasteiger partial charge is 0.349 e. The van der Waals surface area contributed by atoms with E-state index in [9.17, 15) is 9.59 Å². The van der Waals surface area contributed by atoms with Gasteiger partial charge in [0.05, 0.1) is 18.0 Å². The van der Waals surface area contributed by atoms with Crippen LogP contribution in [0.2, 0.25) is 0 Å². The van der Waals surface area contributed by atoms with Gasteiger partial charge >= 0.3 is 5.97 Å². The Morgan fingerprint density at radius 1 is 1.42 bits per heavy atom. The minimum atomic E-state index is -0.783. The van der Waals surface area contributed by atoms with Gasteiger partial charge < -0.3 is 19.2 Å². The number of carbonyl (C=O) groups excluding carboxylic acids is 2. The first-order valence-corrected chi connectivity index (χ1v) is 7.92. The quantitative estimate of drug-likeness (QED) is 0.452. The highest BCUT2D eigenvalue weighted by molar-refractivity contribution is 6.03. The Balaban J connectivity index is 2.17. The summed E-state index contributed by atoms with van der Waals surface area (Å²) >= 11 is 0. The summed E-state index contributed by atoms with van der Waals surface area (Å²) in [5, 5.41) is 3.99. The highest BCUT2D eigenvalue weighted by atomic mass is 16.7. The zero-order valence-corrected chi connectivity index (χ0v) is 14.4. The summed E-state index contributed by atoms with van der Waals surface area (Å²) < 4.78 is 10.3. The van der Waals surface area contributed by atoms with Gasteiger partial charge in [0.1, 0.15) is 5.75 Å². The van der Waals surface area contributed by atoms with E-state index in [1.54, 1.807) is 31.7 Å². The van der Waals surface area contributed by atoms with E-state index >= 15 is 0 Å². The molecule has 0 bridgehead atoms. The lowest BCUT2D eigenvalue weighted by atomic mass is 10.1. The summed E-state index contributed by atoms with van der Waals surface area (Å²) in [4.78, 5) is 30.3. The highest BCUT2D eigenvalue weighted by Crippen LogP contribution is 2.33. The van der Waals surface area contributed by atoms with Gasteiger partial charge in [-0.15, -0.1) is 0 Å². The lowest BCUT2D eigenvalue weighted by Gasteiger charge is -2.28. The van der Waals surface area contributed by atoms with Crippen molar-refractivity contribution >= 4 is 23.3 Å². The number of benzene rings is 1. The van der Waals surface area contributed by atoms with Gasteiger partial charge in [-0.1, -0.05) is 5.16 Å². The molecule has 1 atom stereocenters. The van der Waals surface area contributed by atoms with Gasteiger partial charge in [0.2, 0.25) is 6.10 Å². The number of oxime groups is 1. The molecule has 0 saturated carbocycles. The maximum absolute atomic E-state index is 11.9. The summed E-state index contributed by atoms with van der Waals surface area (Å²) in [7, 11) is 0. The number of anilines is 1. The van der Waals surface area contributed by atoms with Crippen LogP contribution in [0.15, 0.2) is 23.4 Å². The first-order valence-electron chi connectivity index (χ1n) is 7.92. The van der Waals surface area contributed by atoms with Gasteiger partial charge in [-0.3, -0.25) is 4.79 Å². The number of nitrogens with zero attached hydrogens (tertiary/aromatic N) is 2. The van der Waals surface area contributed by atoms with Crippen molar-refractivity contribution in [3.05, 3.63) is 23.8 Å². The Kier molecular flexibility index (Phi) is 5.78. The number of ether oxygens (including phenoxy) is 2. The Bertz CT molecular complexity index is 656. The summed E-state index contributed by atoms with van der Waals surface area (Å²) in [6.07, 6.45) is -0.783. The molecule has 0 fully saturated rings. The molecule has 130 valence electrons. The van der Waals surface area contributed by atoms with E-state index in [2.05, 4.69) is 5.16 Å². The van der Waals surface area contributed by atoms with Gasteiger partial charge in [-0.25, -0.2) is 4.79 Å². The number of carbonyl (C=O) groups is 2. The molecule has 1 aromatic rings. The fourth-order valence-electron chi connectivity index (χ4n) is 2.29. The van der Waals surface area contributed by atoms with Crippen molar-refractivity contribution in [3.63, 3.8) is 0 Å².